The normalized spacial score (nSPS) is 12.4. The number of halogens is 2. The molecular weight excluding hydrogens is 341 g/mol. The minimum atomic E-state index is -0.464. The zero-order valence-corrected chi connectivity index (χ0v) is 13.7. The zero-order valence-electron chi connectivity index (χ0n) is 13.0. The van der Waals surface area contributed by atoms with Crippen LogP contribution in [0.5, 0.6) is 0 Å². The van der Waals surface area contributed by atoms with Crippen LogP contribution in [0.2, 0.25) is 5.02 Å². The van der Waals surface area contributed by atoms with Gasteiger partial charge in [0.05, 0.1) is 23.0 Å². The van der Waals surface area contributed by atoms with Crippen molar-refractivity contribution in [1.29, 1.82) is 0 Å². The highest BCUT2D eigenvalue weighted by Gasteiger charge is 2.15. The molecule has 0 fully saturated rings. The molecule has 0 radical (unpaired) electrons. The number of aromatic nitrogens is 4. The molecule has 124 valence electrons. The molecule has 7 heteroatoms. The third-order valence-corrected chi connectivity index (χ3v) is 4.27. The first kappa shape index (κ1) is 15.7. The van der Waals surface area contributed by atoms with Gasteiger partial charge in [-0.25, -0.2) is 13.9 Å². The average molecular weight is 354 g/mol. The molecule has 4 rings (SSSR count). The lowest BCUT2D eigenvalue weighted by atomic mass is 10.1. The largest absolute Gasteiger partial charge is 0.319 e. The maximum absolute atomic E-state index is 13.4. The van der Waals surface area contributed by atoms with E-state index >= 15 is 0 Å². The van der Waals surface area contributed by atoms with Crippen LogP contribution in [-0.2, 0) is 0 Å². The van der Waals surface area contributed by atoms with E-state index in [1.54, 1.807) is 41.4 Å². The summed E-state index contributed by atoms with van der Waals surface area (Å²) in [4.78, 5) is 8.74. The lowest BCUT2D eigenvalue weighted by molar-refractivity contribution is 0.628. The highest BCUT2D eigenvalue weighted by Crippen LogP contribution is 2.28. The number of hydrogen-bond donors (Lipinski definition) is 1. The van der Waals surface area contributed by atoms with Gasteiger partial charge in [-0.2, -0.15) is 5.10 Å². The van der Waals surface area contributed by atoms with E-state index in [1.165, 1.54) is 6.07 Å². The molecule has 4 aromatic rings. The molecule has 1 atom stereocenters. The van der Waals surface area contributed by atoms with Crippen LogP contribution in [0.4, 0.5) is 4.39 Å². The Hall–Kier alpha value is -2.83. The number of hydrogen-bond acceptors (Lipinski definition) is 4. The van der Waals surface area contributed by atoms with Gasteiger partial charge in [-0.1, -0.05) is 23.7 Å². The molecule has 0 bridgehead atoms. The van der Waals surface area contributed by atoms with Crippen molar-refractivity contribution in [2.45, 2.75) is 6.04 Å². The van der Waals surface area contributed by atoms with Gasteiger partial charge in [0.25, 0.3) is 0 Å². The number of benzene rings is 1. The van der Waals surface area contributed by atoms with Gasteiger partial charge in [0, 0.05) is 24.2 Å². The van der Waals surface area contributed by atoms with E-state index in [0.717, 1.165) is 16.7 Å². The highest BCUT2D eigenvalue weighted by atomic mass is 35.5. The molecule has 0 amide bonds. The number of nitrogens with two attached hydrogens (primary N) is 1. The Morgan fingerprint density at radius 2 is 2.04 bits per heavy atom. The first-order chi connectivity index (χ1) is 12.1. The summed E-state index contributed by atoms with van der Waals surface area (Å²) in [6.07, 6.45) is 6.88. The van der Waals surface area contributed by atoms with Crippen molar-refractivity contribution in [3.63, 3.8) is 0 Å². The molecule has 0 aliphatic carbocycles. The van der Waals surface area contributed by atoms with Crippen LogP contribution in [0.1, 0.15) is 17.3 Å². The van der Waals surface area contributed by atoms with Gasteiger partial charge in [-0.15, -0.1) is 0 Å². The van der Waals surface area contributed by atoms with Crippen molar-refractivity contribution >= 4 is 17.2 Å². The standard InChI is InChI=1S/C18H13ClFN5/c19-14-8-11(3-4-15(14)20)13-10-23-25-7-5-16(24-18(13)25)17(21)12-2-1-6-22-9-12/h1-10,17H,21H2. The quantitative estimate of drug-likeness (QED) is 0.610. The van der Waals surface area contributed by atoms with E-state index < -0.39 is 11.9 Å². The lowest BCUT2D eigenvalue weighted by Crippen LogP contribution is -2.14. The fourth-order valence-electron chi connectivity index (χ4n) is 2.65. The van der Waals surface area contributed by atoms with Crippen molar-refractivity contribution in [3.8, 4) is 11.1 Å². The van der Waals surface area contributed by atoms with Gasteiger partial charge in [0.1, 0.15) is 5.82 Å². The number of nitrogens with zero attached hydrogens (tertiary/aromatic N) is 4. The summed E-state index contributed by atoms with van der Waals surface area (Å²) in [5.41, 5.74) is 9.98. The van der Waals surface area contributed by atoms with Gasteiger partial charge in [-0.05, 0) is 35.4 Å². The predicted molar refractivity (Wildman–Crippen MR) is 93.7 cm³/mol. The van der Waals surface area contributed by atoms with Crippen LogP contribution in [0.25, 0.3) is 16.8 Å². The van der Waals surface area contributed by atoms with Crippen LogP contribution in [0.15, 0.2) is 61.2 Å². The third-order valence-electron chi connectivity index (χ3n) is 3.98. The summed E-state index contributed by atoms with van der Waals surface area (Å²) >= 11 is 5.89. The second-order valence-corrected chi connectivity index (χ2v) is 5.98. The molecule has 2 N–H and O–H groups in total. The van der Waals surface area contributed by atoms with Crippen molar-refractivity contribution in [2.24, 2.45) is 5.73 Å². The molecule has 3 aromatic heterocycles. The Kier molecular flexibility index (Phi) is 3.91. The molecule has 25 heavy (non-hydrogen) atoms. The Labute approximate surface area is 147 Å². The summed E-state index contributed by atoms with van der Waals surface area (Å²) in [5.74, 6) is -0.464. The third kappa shape index (κ3) is 2.86. The average Bonchev–Trinajstić information content (AvgIpc) is 3.07. The zero-order chi connectivity index (χ0) is 17.4. The van der Waals surface area contributed by atoms with Gasteiger partial charge >= 0.3 is 0 Å². The highest BCUT2D eigenvalue weighted by molar-refractivity contribution is 6.31. The molecule has 0 aliphatic rings. The predicted octanol–water partition coefficient (Wildman–Crippen LogP) is 3.63. The fraction of sp³-hybridized carbons (Fsp3) is 0.0556. The SMILES string of the molecule is NC(c1cccnc1)c1ccn2ncc(-c3ccc(F)c(Cl)c3)c2n1. The first-order valence-electron chi connectivity index (χ1n) is 7.58. The molecule has 0 spiro atoms. The van der Waals surface area contributed by atoms with Crippen molar-refractivity contribution in [1.82, 2.24) is 19.6 Å². The Balaban J connectivity index is 1.81. The lowest BCUT2D eigenvalue weighted by Gasteiger charge is -2.11. The maximum atomic E-state index is 13.4. The summed E-state index contributed by atoms with van der Waals surface area (Å²) in [5, 5.41) is 4.34. The van der Waals surface area contributed by atoms with Crippen molar-refractivity contribution in [2.75, 3.05) is 0 Å². The second kappa shape index (κ2) is 6.23. The Morgan fingerprint density at radius 1 is 1.16 bits per heavy atom. The van der Waals surface area contributed by atoms with E-state index in [0.29, 0.717) is 11.3 Å². The number of fused-ring (bicyclic) bond motifs is 1. The minimum absolute atomic E-state index is 0.0556. The van der Waals surface area contributed by atoms with Gasteiger partial charge < -0.3 is 5.73 Å². The summed E-state index contributed by atoms with van der Waals surface area (Å²) in [7, 11) is 0. The smallest absolute Gasteiger partial charge is 0.163 e. The van der Waals surface area contributed by atoms with Gasteiger partial charge in [0.2, 0.25) is 0 Å². The molecule has 1 unspecified atom stereocenters. The molecular formula is C18H13ClFN5. The van der Waals surface area contributed by atoms with E-state index in [-0.39, 0.29) is 5.02 Å². The van der Waals surface area contributed by atoms with Crippen LogP contribution in [0, 0.1) is 5.82 Å². The van der Waals surface area contributed by atoms with E-state index in [4.69, 9.17) is 17.3 Å². The molecule has 0 aliphatic heterocycles. The van der Waals surface area contributed by atoms with Crippen molar-refractivity contribution < 1.29 is 4.39 Å². The number of rotatable bonds is 3. The van der Waals surface area contributed by atoms with Crippen LogP contribution in [-0.4, -0.2) is 19.6 Å². The monoisotopic (exact) mass is 353 g/mol. The molecule has 0 saturated heterocycles. The molecule has 5 nitrogen and oxygen atoms in total. The van der Waals surface area contributed by atoms with Crippen LogP contribution in [0.3, 0.4) is 0 Å². The van der Waals surface area contributed by atoms with Crippen LogP contribution < -0.4 is 5.73 Å². The number of pyridine rings is 1. The van der Waals surface area contributed by atoms with E-state index in [9.17, 15) is 4.39 Å². The first-order valence-corrected chi connectivity index (χ1v) is 7.96. The van der Waals surface area contributed by atoms with Crippen LogP contribution >= 0.6 is 11.6 Å². The van der Waals surface area contributed by atoms with E-state index in [1.807, 2.05) is 18.2 Å². The summed E-state index contributed by atoms with van der Waals surface area (Å²) < 4.78 is 15.1. The minimum Gasteiger partial charge on any atom is -0.319 e. The Bertz CT molecular complexity index is 1050. The summed E-state index contributed by atoms with van der Waals surface area (Å²) in [6.45, 7) is 0. The van der Waals surface area contributed by atoms with E-state index in [2.05, 4.69) is 15.1 Å². The maximum Gasteiger partial charge on any atom is 0.163 e. The second-order valence-electron chi connectivity index (χ2n) is 5.57. The molecule has 3 heterocycles. The molecule has 0 saturated carbocycles. The van der Waals surface area contributed by atoms with Crippen molar-refractivity contribution in [3.05, 3.63) is 83.3 Å². The van der Waals surface area contributed by atoms with Gasteiger partial charge in [-0.3, -0.25) is 4.98 Å². The van der Waals surface area contributed by atoms with Gasteiger partial charge in [0.15, 0.2) is 5.65 Å². The Morgan fingerprint density at radius 3 is 2.80 bits per heavy atom. The fourth-order valence-corrected chi connectivity index (χ4v) is 2.83. The topological polar surface area (TPSA) is 69.1 Å². The molecule has 1 aromatic carbocycles. The summed E-state index contributed by atoms with van der Waals surface area (Å²) in [6, 6.07) is 9.68.